The lowest BCUT2D eigenvalue weighted by atomic mass is 10.2. The highest BCUT2D eigenvalue weighted by Gasteiger charge is 2.14. The second kappa shape index (κ2) is 4.92. The number of carboxylic acids is 1. The van der Waals surface area contributed by atoms with E-state index in [1.165, 1.54) is 0 Å². The summed E-state index contributed by atoms with van der Waals surface area (Å²) in [7, 11) is 0. The number of hydrogen-bond donors (Lipinski definition) is 1. The van der Waals surface area contributed by atoms with Crippen LogP contribution in [0.25, 0.3) is 10.9 Å². The molecule has 2 rings (SSSR count). The third-order valence-corrected chi connectivity index (χ3v) is 3.31. The van der Waals surface area contributed by atoms with Crippen molar-refractivity contribution < 1.29 is 9.90 Å². The maximum Gasteiger partial charge on any atom is 0.352 e. The highest BCUT2D eigenvalue weighted by Crippen LogP contribution is 2.24. The van der Waals surface area contributed by atoms with E-state index >= 15 is 0 Å². The molecule has 0 saturated heterocycles. The fourth-order valence-electron chi connectivity index (χ4n) is 1.98. The summed E-state index contributed by atoms with van der Waals surface area (Å²) in [5.74, 6) is -0.867. The molecule has 0 aliphatic rings. The minimum atomic E-state index is -0.867. The number of unbranched alkanes of at least 4 members (excludes halogenated alkanes) is 1. The second-order valence-electron chi connectivity index (χ2n) is 4.04. The van der Waals surface area contributed by atoms with Gasteiger partial charge in [-0.25, -0.2) is 4.79 Å². The molecule has 0 saturated carbocycles. The number of fused-ring (bicyclic) bond motifs is 1. The predicted molar refractivity (Wildman–Crippen MR) is 71.5 cm³/mol. The average Bonchev–Trinajstić information content (AvgIpc) is 2.64. The molecule has 0 bridgehead atoms. The van der Waals surface area contributed by atoms with Crippen LogP contribution in [0.2, 0.25) is 0 Å². The molecule has 90 valence electrons. The number of aryl methyl sites for hydroxylation is 1. The first-order chi connectivity index (χ1) is 8.13. The normalized spacial score (nSPS) is 10.9. The monoisotopic (exact) mass is 295 g/mol. The van der Waals surface area contributed by atoms with Crippen molar-refractivity contribution in [2.24, 2.45) is 0 Å². The van der Waals surface area contributed by atoms with Gasteiger partial charge in [0.15, 0.2) is 0 Å². The minimum Gasteiger partial charge on any atom is -0.477 e. The Morgan fingerprint density at radius 3 is 2.82 bits per heavy atom. The van der Waals surface area contributed by atoms with Crippen LogP contribution >= 0.6 is 15.9 Å². The van der Waals surface area contributed by atoms with E-state index in [0.29, 0.717) is 5.69 Å². The Labute approximate surface area is 108 Å². The molecule has 4 heteroatoms. The van der Waals surface area contributed by atoms with Crippen molar-refractivity contribution in [1.82, 2.24) is 4.57 Å². The molecule has 0 spiro atoms. The zero-order valence-corrected chi connectivity index (χ0v) is 11.2. The van der Waals surface area contributed by atoms with E-state index in [0.717, 1.165) is 34.8 Å². The first kappa shape index (κ1) is 12.2. The minimum absolute atomic E-state index is 0.367. The van der Waals surface area contributed by atoms with Crippen LogP contribution in [0.3, 0.4) is 0 Å². The molecule has 0 atom stereocenters. The van der Waals surface area contributed by atoms with Gasteiger partial charge in [-0.3, -0.25) is 0 Å². The fourth-order valence-corrected chi connectivity index (χ4v) is 2.35. The maximum atomic E-state index is 11.2. The highest BCUT2D eigenvalue weighted by molar-refractivity contribution is 9.10. The third kappa shape index (κ3) is 2.36. The van der Waals surface area contributed by atoms with Gasteiger partial charge in [0.1, 0.15) is 5.69 Å². The summed E-state index contributed by atoms with van der Waals surface area (Å²) in [4.78, 5) is 11.2. The van der Waals surface area contributed by atoms with E-state index in [1.54, 1.807) is 6.07 Å². The van der Waals surface area contributed by atoms with Crippen LogP contribution in [0.5, 0.6) is 0 Å². The molecule has 0 unspecified atom stereocenters. The first-order valence-electron chi connectivity index (χ1n) is 5.65. The molecule has 1 N–H and O–H groups in total. The van der Waals surface area contributed by atoms with Crippen molar-refractivity contribution in [1.29, 1.82) is 0 Å². The zero-order valence-electron chi connectivity index (χ0n) is 9.61. The molecule has 1 aromatic heterocycles. The van der Waals surface area contributed by atoms with Crippen LogP contribution in [-0.4, -0.2) is 15.6 Å². The van der Waals surface area contributed by atoms with Crippen molar-refractivity contribution in [2.45, 2.75) is 26.3 Å². The van der Waals surface area contributed by atoms with E-state index in [1.807, 2.05) is 22.8 Å². The molecule has 0 aliphatic heterocycles. The number of halogens is 1. The second-order valence-corrected chi connectivity index (χ2v) is 4.96. The van der Waals surface area contributed by atoms with Crippen molar-refractivity contribution in [2.75, 3.05) is 0 Å². The summed E-state index contributed by atoms with van der Waals surface area (Å²) in [6.45, 7) is 2.85. The van der Waals surface area contributed by atoms with Gasteiger partial charge in [0, 0.05) is 21.9 Å². The maximum absolute atomic E-state index is 11.2. The lowest BCUT2D eigenvalue weighted by Crippen LogP contribution is -2.08. The van der Waals surface area contributed by atoms with Crippen LogP contribution in [0.15, 0.2) is 28.7 Å². The van der Waals surface area contributed by atoms with E-state index in [4.69, 9.17) is 0 Å². The van der Waals surface area contributed by atoms with Gasteiger partial charge in [0.05, 0.1) is 0 Å². The van der Waals surface area contributed by atoms with Gasteiger partial charge in [-0.1, -0.05) is 29.3 Å². The Hall–Kier alpha value is -1.29. The summed E-state index contributed by atoms with van der Waals surface area (Å²) in [5, 5.41) is 10.2. The molecular formula is C13H14BrNO2. The van der Waals surface area contributed by atoms with Crippen molar-refractivity contribution in [3.05, 3.63) is 34.4 Å². The average molecular weight is 296 g/mol. The SMILES string of the molecule is CCCCn1c(C(=O)O)cc2cc(Br)ccc21. The van der Waals surface area contributed by atoms with Gasteiger partial charge in [0.25, 0.3) is 0 Å². The Kier molecular flexibility index (Phi) is 3.52. The summed E-state index contributed by atoms with van der Waals surface area (Å²) < 4.78 is 2.85. The quantitative estimate of drug-likeness (QED) is 0.929. The standard InChI is InChI=1S/C13H14BrNO2/c1-2-3-6-15-11-5-4-10(14)7-9(11)8-12(15)13(16)17/h4-5,7-8H,2-3,6H2,1H3,(H,16,17). The van der Waals surface area contributed by atoms with E-state index < -0.39 is 5.97 Å². The molecule has 1 aromatic carbocycles. The summed E-state index contributed by atoms with van der Waals surface area (Å²) in [6, 6.07) is 7.58. The topological polar surface area (TPSA) is 42.2 Å². The van der Waals surface area contributed by atoms with Gasteiger partial charge < -0.3 is 9.67 Å². The van der Waals surface area contributed by atoms with Crippen molar-refractivity contribution >= 4 is 32.8 Å². The van der Waals surface area contributed by atoms with Crippen molar-refractivity contribution in [3.8, 4) is 0 Å². The van der Waals surface area contributed by atoms with E-state index in [2.05, 4.69) is 22.9 Å². The van der Waals surface area contributed by atoms with Gasteiger partial charge >= 0.3 is 5.97 Å². The molecule has 0 amide bonds. The number of benzene rings is 1. The van der Waals surface area contributed by atoms with Gasteiger partial charge in [-0.15, -0.1) is 0 Å². The number of carbonyl (C=O) groups is 1. The highest BCUT2D eigenvalue weighted by atomic mass is 79.9. The Balaban J connectivity index is 2.58. The molecule has 2 aromatic rings. The predicted octanol–water partition coefficient (Wildman–Crippen LogP) is 3.90. The third-order valence-electron chi connectivity index (χ3n) is 2.82. The summed E-state index contributed by atoms with van der Waals surface area (Å²) >= 11 is 3.40. The first-order valence-corrected chi connectivity index (χ1v) is 6.45. The number of carboxylic acid groups (broad SMARTS) is 1. The number of rotatable bonds is 4. The van der Waals surface area contributed by atoms with E-state index in [-0.39, 0.29) is 0 Å². The lowest BCUT2D eigenvalue weighted by Gasteiger charge is -2.07. The lowest BCUT2D eigenvalue weighted by molar-refractivity contribution is 0.0685. The number of nitrogens with zero attached hydrogens (tertiary/aromatic N) is 1. The Morgan fingerprint density at radius 1 is 1.41 bits per heavy atom. The molecular weight excluding hydrogens is 282 g/mol. The van der Waals surface area contributed by atoms with Gasteiger partial charge in [-0.05, 0) is 30.7 Å². The van der Waals surface area contributed by atoms with Crippen LogP contribution in [0, 0.1) is 0 Å². The van der Waals surface area contributed by atoms with Crippen LogP contribution < -0.4 is 0 Å². The summed E-state index contributed by atoms with van der Waals surface area (Å²) in [5.41, 5.74) is 1.35. The number of hydrogen-bond acceptors (Lipinski definition) is 1. The van der Waals surface area contributed by atoms with Crippen LogP contribution in [0.1, 0.15) is 30.3 Å². The van der Waals surface area contributed by atoms with Crippen molar-refractivity contribution in [3.63, 3.8) is 0 Å². The van der Waals surface area contributed by atoms with Gasteiger partial charge in [-0.2, -0.15) is 0 Å². The van der Waals surface area contributed by atoms with Gasteiger partial charge in [0.2, 0.25) is 0 Å². The van der Waals surface area contributed by atoms with Crippen LogP contribution in [-0.2, 0) is 6.54 Å². The number of aromatic carboxylic acids is 1. The Bertz CT molecular complexity index is 560. The molecule has 17 heavy (non-hydrogen) atoms. The molecule has 0 fully saturated rings. The molecule has 3 nitrogen and oxygen atoms in total. The molecule has 1 heterocycles. The number of aromatic nitrogens is 1. The molecule has 0 radical (unpaired) electrons. The fraction of sp³-hybridized carbons (Fsp3) is 0.308. The summed E-state index contributed by atoms with van der Waals surface area (Å²) in [6.07, 6.45) is 2.04. The zero-order chi connectivity index (χ0) is 12.4. The van der Waals surface area contributed by atoms with Crippen LogP contribution in [0.4, 0.5) is 0 Å². The smallest absolute Gasteiger partial charge is 0.352 e. The largest absolute Gasteiger partial charge is 0.477 e. The van der Waals surface area contributed by atoms with E-state index in [9.17, 15) is 9.90 Å². The molecule has 0 aliphatic carbocycles. The Morgan fingerprint density at radius 2 is 2.18 bits per heavy atom.